The first-order chi connectivity index (χ1) is 11.7. The van der Waals surface area contributed by atoms with Crippen LogP contribution >= 0.6 is 0 Å². The van der Waals surface area contributed by atoms with Gasteiger partial charge in [-0.15, -0.1) is 0 Å². The largest absolute Gasteiger partial charge is 0.293 e. The lowest BCUT2D eigenvalue weighted by atomic mass is 9.91. The Morgan fingerprint density at radius 3 is 2.83 bits per heavy atom. The molecule has 4 rings (SSSR count). The smallest absolute Gasteiger partial charge is 0.170 e. The van der Waals surface area contributed by atoms with Crippen LogP contribution < -0.4 is 0 Å². The average Bonchev–Trinajstić information content (AvgIpc) is 3.04. The molecule has 0 N–H and O–H groups in total. The summed E-state index contributed by atoms with van der Waals surface area (Å²) in [7, 11) is 0. The molecule has 1 aromatic heterocycles. The van der Waals surface area contributed by atoms with Crippen molar-refractivity contribution in [3.8, 4) is 0 Å². The van der Waals surface area contributed by atoms with Crippen molar-refractivity contribution in [1.82, 2.24) is 4.98 Å². The summed E-state index contributed by atoms with van der Waals surface area (Å²) in [4.78, 5) is 17.7. The summed E-state index contributed by atoms with van der Waals surface area (Å²) in [5, 5.41) is 1.06. The van der Waals surface area contributed by atoms with Crippen LogP contribution in [-0.4, -0.2) is 10.8 Å². The molecule has 2 aromatic carbocycles. The van der Waals surface area contributed by atoms with Gasteiger partial charge in [0.1, 0.15) is 0 Å². The van der Waals surface area contributed by atoms with Gasteiger partial charge in [-0.3, -0.25) is 9.78 Å². The van der Waals surface area contributed by atoms with Crippen LogP contribution in [0.25, 0.3) is 10.9 Å². The number of rotatable bonds is 3. The minimum absolute atomic E-state index is 0.00250. The highest BCUT2D eigenvalue weighted by Gasteiger charge is 2.28. The summed E-state index contributed by atoms with van der Waals surface area (Å²) in [5.74, 6) is 0.239. The van der Waals surface area contributed by atoms with Crippen molar-refractivity contribution >= 4 is 16.7 Å². The first kappa shape index (κ1) is 15.1. The zero-order chi connectivity index (χ0) is 16.7. The quantitative estimate of drug-likeness (QED) is 0.635. The topological polar surface area (TPSA) is 30.0 Å². The number of fused-ring (bicyclic) bond motifs is 2. The van der Waals surface area contributed by atoms with Crippen molar-refractivity contribution < 1.29 is 4.79 Å². The van der Waals surface area contributed by atoms with Crippen LogP contribution in [-0.2, 0) is 12.8 Å². The standard InChI is InChI=1S/C22H21NO/c1-3-15-12-18-13-17(9-11-21(18)23-14(15)2)22(24)20-10-8-16-6-4-5-7-19(16)20/h4-7,9,11-13,20H,3,8,10H2,1-2H3. The van der Waals surface area contributed by atoms with Gasteiger partial charge in [0.15, 0.2) is 5.78 Å². The van der Waals surface area contributed by atoms with E-state index in [4.69, 9.17) is 0 Å². The molecule has 0 bridgehead atoms. The molecule has 2 heteroatoms. The average molecular weight is 315 g/mol. The summed E-state index contributed by atoms with van der Waals surface area (Å²) in [6, 6.07) is 16.4. The number of aryl methyl sites for hydroxylation is 3. The van der Waals surface area contributed by atoms with Gasteiger partial charge in [0.2, 0.25) is 0 Å². The molecule has 1 aliphatic carbocycles. The third kappa shape index (κ3) is 2.43. The van der Waals surface area contributed by atoms with E-state index in [1.54, 1.807) is 0 Å². The molecule has 0 saturated heterocycles. The highest BCUT2D eigenvalue weighted by Crippen LogP contribution is 2.35. The molecule has 1 atom stereocenters. The monoisotopic (exact) mass is 315 g/mol. The fourth-order valence-electron chi connectivity index (χ4n) is 3.86. The lowest BCUT2D eigenvalue weighted by Gasteiger charge is -2.12. The first-order valence-electron chi connectivity index (χ1n) is 8.69. The number of aromatic nitrogens is 1. The van der Waals surface area contributed by atoms with E-state index in [2.05, 4.69) is 36.2 Å². The van der Waals surface area contributed by atoms with Crippen LogP contribution in [0.15, 0.2) is 48.5 Å². The van der Waals surface area contributed by atoms with E-state index >= 15 is 0 Å². The molecule has 0 saturated carbocycles. The molecule has 24 heavy (non-hydrogen) atoms. The van der Waals surface area contributed by atoms with Crippen molar-refractivity contribution in [3.05, 3.63) is 76.5 Å². The third-order valence-electron chi connectivity index (χ3n) is 5.22. The maximum Gasteiger partial charge on any atom is 0.170 e. The van der Waals surface area contributed by atoms with Crippen molar-refractivity contribution in [1.29, 1.82) is 0 Å². The Bertz CT molecular complexity index is 942. The number of nitrogens with zero attached hydrogens (tertiary/aromatic N) is 1. The van der Waals surface area contributed by atoms with Gasteiger partial charge in [-0.25, -0.2) is 0 Å². The molecule has 3 aromatic rings. The predicted molar refractivity (Wildman–Crippen MR) is 97.7 cm³/mol. The summed E-state index contributed by atoms with van der Waals surface area (Å²) in [6.45, 7) is 4.19. The second-order valence-corrected chi connectivity index (χ2v) is 6.65. The second kappa shape index (κ2) is 5.86. The third-order valence-corrected chi connectivity index (χ3v) is 5.22. The zero-order valence-corrected chi connectivity index (χ0v) is 14.2. The fraction of sp³-hybridized carbons (Fsp3) is 0.273. The number of benzene rings is 2. The van der Waals surface area contributed by atoms with Crippen molar-refractivity contribution in [2.24, 2.45) is 0 Å². The first-order valence-corrected chi connectivity index (χ1v) is 8.69. The summed E-state index contributed by atoms with van der Waals surface area (Å²) >= 11 is 0. The number of carbonyl (C=O) groups excluding carboxylic acids is 1. The molecule has 0 amide bonds. The molecule has 120 valence electrons. The van der Waals surface area contributed by atoms with Gasteiger partial charge >= 0.3 is 0 Å². The van der Waals surface area contributed by atoms with E-state index in [0.29, 0.717) is 0 Å². The van der Waals surface area contributed by atoms with Crippen LogP contribution in [0.3, 0.4) is 0 Å². The molecular formula is C22H21NO. The Labute approximate surface area is 142 Å². The zero-order valence-electron chi connectivity index (χ0n) is 14.2. The van der Waals surface area contributed by atoms with Crippen molar-refractivity contribution in [3.63, 3.8) is 0 Å². The maximum atomic E-state index is 13.1. The van der Waals surface area contributed by atoms with Gasteiger partial charge in [0.05, 0.1) is 5.52 Å². The molecule has 0 fully saturated rings. The number of pyridine rings is 1. The van der Waals surface area contributed by atoms with Crippen LogP contribution in [0.5, 0.6) is 0 Å². The van der Waals surface area contributed by atoms with Gasteiger partial charge in [0.25, 0.3) is 0 Å². The molecule has 0 aliphatic heterocycles. The summed E-state index contributed by atoms with van der Waals surface area (Å²) < 4.78 is 0. The number of hydrogen-bond donors (Lipinski definition) is 0. The van der Waals surface area contributed by atoms with Crippen molar-refractivity contribution in [2.75, 3.05) is 0 Å². The molecule has 2 nitrogen and oxygen atoms in total. The molecule has 1 heterocycles. The SMILES string of the molecule is CCc1cc2cc(C(=O)C3CCc4ccccc43)ccc2nc1C. The van der Waals surface area contributed by atoms with E-state index in [1.807, 2.05) is 31.2 Å². The van der Waals surface area contributed by atoms with E-state index in [1.165, 1.54) is 16.7 Å². The predicted octanol–water partition coefficient (Wildman–Crippen LogP) is 5.02. The van der Waals surface area contributed by atoms with E-state index in [9.17, 15) is 4.79 Å². The minimum atomic E-state index is 0.00250. The fourth-order valence-corrected chi connectivity index (χ4v) is 3.86. The van der Waals surface area contributed by atoms with Gasteiger partial charge in [-0.2, -0.15) is 0 Å². The molecule has 1 unspecified atom stereocenters. The van der Waals surface area contributed by atoms with Crippen molar-refractivity contribution in [2.45, 2.75) is 39.0 Å². The van der Waals surface area contributed by atoms with Gasteiger partial charge in [0, 0.05) is 22.6 Å². The number of hydrogen-bond acceptors (Lipinski definition) is 2. The van der Waals surface area contributed by atoms with E-state index in [-0.39, 0.29) is 11.7 Å². The van der Waals surface area contributed by atoms with Crippen LogP contribution in [0.1, 0.15) is 52.0 Å². The molecule has 0 spiro atoms. The van der Waals surface area contributed by atoms with Crippen LogP contribution in [0.4, 0.5) is 0 Å². The number of carbonyl (C=O) groups is 1. The Morgan fingerprint density at radius 1 is 1.17 bits per heavy atom. The van der Waals surface area contributed by atoms with E-state index < -0.39 is 0 Å². The summed E-state index contributed by atoms with van der Waals surface area (Å²) in [6.07, 6.45) is 2.88. The summed E-state index contributed by atoms with van der Waals surface area (Å²) in [5.41, 5.74) is 6.62. The Morgan fingerprint density at radius 2 is 2.00 bits per heavy atom. The lowest BCUT2D eigenvalue weighted by Crippen LogP contribution is -2.10. The maximum absolute atomic E-state index is 13.1. The van der Waals surface area contributed by atoms with Gasteiger partial charge in [-0.05, 0) is 67.1 Å². The molecule has 0 radical (unpaired) electrons. The highest BCUT2D eigenvalue weighted by molar-refractivity contribution is 6.04. The lowest BCUT2D eigenvalue weighted by molar-refractivity contribution is 0.0959. The van der Waals surface area contributed by atoms with E-state index in [0.717, 1.165) is 41.4 Å². The molecule has 1 aliphatic rings. The highest BCUT2D eigenvalue weighted by atomic mass is 16.1. The van der Waals surface area contributed by atoms with Gasteiger partial charge in [-0.1, -0.05) is 31.2 Å². The second-order valence-electron chi connectivity index (χ2n) is 6.65. The van der Waals surface area contributed by atoms with Gasteiger partial charge < -0.3 is 0 Å². The number of Topliss-reactive ketones (excluding diaryl/α,β-unsaturated/α-hetero) is 1. The number of ketones is 1. The minimum Gasteiger partial charge on any atom is -0.293 e. The Balaban J connectivity index is 1.74. The Hall–Kier alpha value is -2.48. The molecular weight excluding hydrogens is 294 g/mol. The van der Waals surface area contributed by atoms with Crippen LogP contribution in [0, 0.1) is 6.92 Å². The normalized spacial score (nSPS) is 16.3. The Kier molecular flexibility index (Phi) is 3.68. The van der Waals surface area contributed by atoms with Crippen LogP contribution in [0.2, 0.25) is 0 Å².